The number of aliphatic hydroxyl groups is 2. The van der Waals surface area contributed by atoms with E-state index < -0.39 is 24.1 Å². The van der Waals surface area contributed by atoms with Crippen LogP contribution in [0.3, 0.4) is 0 Å². The van der Waals surface area contributed by atoms with Crippen molar-refractivity contribution in [2.45, 2.75) is 31.8 Å². The number of hydrogen-bond donors (Lipinski definition) is 3. The van der Waals surface area contributed by atoms with Crippen molar-refractivity contribution in [3.05, 3.63) is 22.7 Å². The summed E-state index contributed by atoms with van der Waals surface area (Å²) in [6.45, 7) is 2.33. The summed E-state index contributed by atoms with van der Waals surface area (Å²) < 4.78 is 6.71. The van der Waals surface area contributed by atoms with Gasteiger partial charge in [-0.3, -0.25) is 4.57 Å². The van der Waals surface area contributed by atoms with Gasteiger partial charge in [-0.15, -0.1) is 0 Å². The van der Waals surface area contributed by atoms with Gasteiger partial charge in [-0.25, -0.2) is 4.79 Å². The molecule has 1 aromatic heterocycles. The van der Waals surface area contributed by atoms with Crippen molar-refractivity contribution in [3.63, 3.8) is 0 Å². The van der Waals surface area contributed by atoms with Crippen LogP contribution in [-0.4, -0.2) is 45.1 Å². The molecule has 0 amide bonds. The highest BCUT2D eigenvalue weighted by Crippen LogP contribution is 2.27. The van der Waals surface area contributed by atoms with E-state index in [1.165, 1.54) is 4.57 Å². The second-order valence-corrected chi connectivity index (χ2v) is 4.15. The summed E-state index contributed by atoms with van der Waals surface area (Å²) in [7, 11) is 0. The van der Waals surface area contributed by atoms with Crippen LogP contribution in [0.5, 0.6) is 0 Å². The standard InChI is InChI=1S/C11H17N3O4/c1-2-12-9-3-4-14(11(17)13-9)10-5-7(16)8(6-15)18-10/h3-4,7-8,10,15-16H,2,5-6H2,1H3,(H,12,13,17)/t7-,8+,10-/m1/s1. The van der Waals surface area contributed by atoms with Crippen LogP contribution in [0.4, 0.5) is 5.82 Å². The SMILES string of the molecule is CCNc1ccn([C@H]2C[C@@H](O)[C@H](CO)O2)c(=O)n1. The minimum absolute atomic E-state index is 0.269. The number of hydrogen-bond acceptors (Lipinski definition) is 6. The van der Waals surface area contributed by atoms with Crippen LogP contribution in [0.15, 0.2) is 17.1 Å². The molecular weight excluding hydrogens is 238 g/mol. The molecule has 1 fully saturated rings. The summed E-state index contributed by atoms with van der Waals surface area (Å²) in [5, 5.41) is 21.5. The van der Waals surface area contributed by atoms with Gasteiger partial charge in [-0.05, 0) is 13.0 Å². The van der Waals surface area contributed by atoms with E-state index in [1.54, 1.807) is 12.3 Å². The summed E-state index contributed by atoms with van der Waals surface area (Å²) in [5.74, 6) is 0.510. The molecule has 2 rings (SSSR count). The molecule has 100 valence electrons. The molecule has 1 aliphatic rings. The van der Waals surface area contributed by atoms with Gasteiger partial charge in [0.2, 0.25) is 0 Å². The molecule has 1 saturated heterocycles. The Labute approximate surface area is 104 Å². The zero-order valence-corrected chi connectivity index (χ0v) is 10.1. The maximum Gasteiger partial charge on any atom is 0.351 e. The van der Waals surface area contributed by atoms with Gasteiger partial charge in [0.15, 0.2) is 0 Å². The highest BCUT2D eigenvalue weighted by atomic mass is 16.5. The van der Waals surface area contributed by atoms with Gasteiger partial charge in [-0.1, -0.05) is 0 Å². The minimum atomic E-state index is -0.764. The maximum absolute atomic E-state index is 11.8. The number of anilines is 1. The summed E-state index contributed by atoms with van der Waals surface area (Å²) in [6.07, 6.45) is -0.138. The largest absolute Gasteiger partial charge is 0.394 e. The van der Waals surface area contributed by atoms with E-state index in [1.807, 2.05) is 6.92 Å². The Hall–Kier alpha value is -1.44. The number of aromatic nitrogens is 2. The fourth-order valence-corrected chi connectivity index (χ4v) is 1.96. The predicted molar refractivity (Wildman–Crippen MR) is 64.3 cm³/mol. The lowest BCUT2D eigenvalue weighted by molar-refractivity contribution is -0.0458. The quantitative estimate of drug-likeness (QED) is 0.659. The third-order valence-electron chi connectivity index (χ3n) is 2.88. The zero-order valence-electron chi connectivity index (χ0n) is 10.1. The smallest absolute Gasteiger partial charge is 0.351 e. The summed E-state index contributed by atoms with van der Waals surface area (Å²) >= 11 is 0. The first-order chi connectivity index (χ1) is 8.65. The molecule has 0 saturated carbocycles. The summed E-state index contributed by atoms with van der Waals surface area (Å²) in [6, 6.07) is 1.67. The molecule has 0 bridgehead atoms. The average Bonchev–Trinajstić information content (AvgIpc) is 2.71. The Balaban J connectivity index is 2.17. The van der Waals surface area contributed by atoms with Gasteiger partial charge in [0.05, 0.1) is 12.7 Å². The lowest BCUT2D eigenvalue weighted by Gasteiger charge is -2.14. The van der Waals surface area contributed by atoms with E-state index in [0.29, 0.717) is 12.4 Å². The molecule has 0 unspecified atom stereocenters. The number of nitrogens with one attached hydrogen (secondary N) is 1. The highest BCUT2D eigenvalue weighted by Gasteiger charge is 2.34. The first-order valence-corrected chi connectivity index (χ1v) is 5.93. The minimum Gasteiger partial charge on any atom is -0.394 e. The van der Waals surface area contributed by atoms with Gasteiger partial charge < -0.3 is 20.3 Å². The van der Waals surface area contributed by atoms with Crippen LogP contribution >= 0.6 is 0 Å². The molecule has 0 aliphatic carbocycles. The van der Waals surface area contributed by atoms with Crippen molar-refractivity contribution >= 4 is 5.82 Å². The van der Waals surface area contributed by atoms with Crippen molar-refractivity contribution in [1.29, 1.82) is 0 Å². The molecule has 3 N–H and O–H groups in total. The van der Waals surface area contributed by atoms with Crippen LogP contribution < -0.4 is 11.0 Å². The topological polar surface area (TPSA) is 96.6 Å². The zero-order chi connectivity index (χ0) is 13.1. The van der Waals surface area contributed by atoms with Crippen LogP contribution in [0.25, 0.3) is 0 Å². The molecule has 0 spiro atoms. The second-order valence-electron chi connectivity index (χ2n) is 4.15. The normalized spacial score (nSPS) is 27.4. The van der Waals surface area contributed by atoms with Gasteiger partial charge in [0.1, 0.15) is 18.1 Å². The number of aliphatic hydroxyl groups excluding tert-OH is 2. The Bertz CT molecular complexity index is 462. The number of nitrogens with zero attached hydrogens (tertiary/aromatic N) is 2. The number of ether oxygens (including phenoxy) is 1. The monoisotopic (exact) mass is 255 g/mol. The Kier molecular flexibility index (Phi) is 3.95. The van der Waals surface area contributed by atoms with Crippen molar-refractivity contribution in [1.82, 2.24) is 9.55 Å². The van der Waals surface area contributed by atoms with Gasteiger partial charge >= 0.3 is 5.69 Å². The fourth-order valence-electron chi connectivity index (χ4n) is 1.96. The van der Waals surface area contributed by atoms with Gasteiger partial charge in [0.25, 0.3) is 0 Å². The van der Waals surface area contributed by atoms with Gasteiger partial charge in [-0.2, -0.15) is 4.98 Å². The van der Waals surface area contributed by atoms with Gasteiger partial charge in [0, 0.05) is 19.2 Å². The molecule has 0 radical (unpaired) electrons. The first-order valence-electron chi connectivity index (χ1n) is 5.93. The Morgan fingerprint density at radius 3 is 3.00 bits per heavy atom. The second kappa shape index (κ2) is 5.47. The molecule has 7 heteroatoms. The first kappa shape index (κ1) is 13.0. The summed E-state index contributed by atoms with van der Waals surface area (Å²) in [4.78, 5) is 15.6. The molecule has 7 nitrogen and oxygen atoms in total. The molecule has 0 aromatic carbocycles. The Morgan fingerprint density at radius 1 is 1.67 bits per heavy atom. The van der Waals surface area contributed by atoms with E-state index in [4.69, 9.17) is 9.84 Å². The molecule has 3 atom stereocenters. The maximum atomic E-state index is 11.8. The molecule has 2 heterocycles. The Morgan fingerprint density at radius 2 is 2.44 bits per heavy atom. The van der Waals surface area contributed by atoms with Crippen molar-refractivity contribution in [2.24, 2.45) is 0 Å². The predicted octanol–water partition coefficient (Wildman–Crippen LogP) is -0.684. The molecule has 18 heavy (non-hydrogen) atoms. The van der Waals surface area contributed by atoms with E-state index in [0.717, 1.165) is 0 Å². The fraction of sp³-hybridized carbons (Fsp3) is 0.636. The molecule has 1 aromatic rings. The van der Waals surface area contributed by atoms with E-state index in [2.05, 4.69) is 10.3 Å². The third kappa shape index (κ3) is 2.53. The van der Waals surface area contributed by atoms with Crippen LogP contribution in [-0.2, 0) is 4.74 Å². The average molecular weight is 255 g/mol. The summed E-state index contributed by atoms with van der Waals surface area (Å²) in [5.41, 5.74) is -0.441. The van der Waals surface area contributed by atoms with Crippen LogP contribution in [0, 0.1) is 0 Å². The van der Waals surface area contributed by atoms with Crippen LogP contribution in [0.1, 0.15) is 19.6 Å². The molecular formula is C11H17N3O4. The lowest BCUT2D eigenvalue weighted by atomic mass is 10.2. The van der Waals surface area contributed by atoms with E-state index >= 15 is 0 Å². The van der Waals surface area contributed by atoms with Crippen molar-refractivity contribution in [3.8, 4) is 0 Å². The number of rotatable bonds is 4. The van der Waals surface area contributed by atoms with Crippen molar-refractivity contribution < 1.29 is 14.9 Å². The third-order valence-corrected chi connectivity index (χ3v) is 2.88. The van der Waals surface area contributed by atoms with E-state index in [9.17, 15) is 9.90 Å². The lowest BCUT2D eigenvalue weighted by Crippen LogP contribution is -2.28. The van der Waals surface area contributed by atoms with E-state index in [-0.39, 0.29) is 13.0 Å². The molecule has 1 aliphatic heterocycles. The highest BCUT2D eigenvalue weighted by molar-refractivity contribution is 5.31. The van der Waals surface area contributed by atoms with Crippen molar-refractivity contribution in [2.75, 3.05) is 18.5 Å². The van der Waals surface area contributed by atoms with Crippen LogP contribution in [0.2, 0.25) is 0 Å².